The van der Waals surface area contributed by atoms with Crippen molar-refractivity contribution in [1.29, 1.82) is 0 Å². The Bertz CT molecular complexity index is 400. The maximum Gasteiger partial charge on any atom is 0.0422 e. The molecule has 0 aliphatic rings. The molecule has 0 bridgehead atoms. The van der Waals surface area contributed by atoms with E-state index >= 15 is 0 Å². The van der Waals surface area contributed by atoms with Crippen LogP contribution in [0, 0.1) is 0 Å². The molecule has 15 heavy (non-hydrogen) atoms. The quantitative estimate of drug-likeness (QED) is 0.818. The summed E-state index contributed by atoms with van der Waals surface area (Å²) < 4.78 is 0. The number of hydrogen-bond acceptors (Lipinski definition) is 3. The van der Waals surface area contributed by atoms with Crippen LogP contribution in [0.2, 0.25) is 0 Å². The second-order valence-electron chi connectivity index (χ2n) is 3.42. The van der Waals surface area contributed by atoms with Crippen LogP contribution in [-0.4, -0.2) is 9.97 Å². The molecule has 1 unspecified atom stereocenters. The highest BCUT2D eigenvalue weighted by molar-refractivity contribution is 5.16. The zero-order valence-corrected chi connectivity index (χ0v) is 8.38. The molecule has 0 aliphatic heterocycles. The van der Waals surface area contributed by atoms with Crippen molar-refractivity contribution < 1.29 is 0 Å². The number of hydrogen-bond donors (Lipinski definition) is 1. The Balaban J connectivity index is 2.08. The van der Waals surface area contributed by atoms with Gasteiger partial charge in [0.25, 0.3) is 0 Å². The predicted molar refractivity (Wildman–Crippen MR) is 59.1 cm³/mol. The molecule has 0 spiro atoms. The van der Waals surface area contributed by atoms with Crippen molar-refractivity contribution in [3.63, 3.8) is 0 Å². The minimum absolute atomic E-state index is 0.0337. The van der Waals surface area contributed by atoms with E-state index in [4.69, 9.17) is 5.73 Å². The zero-order valence-electron chi connectivity index (χ0n) is 8.38. The fourth-order valence-corrected chi connectivity index (χ4v) is 1.46. The maximum absolute atomic E-state index is 6.05. The average Bonchev–Trinajstić information content (AvgIpc) is 2.31. The highest BCUT2D eigenvalue weighted by Gasteiger charge is 2.06. The van der Waals surface area contributed by atoms with Gasteiger partial charge in [-0.2, -0.15) is 0 Å². The molecule has 0 fully saturated rings. The normalized spacial score (nSPS) is 12.3. The summed E-state index contributed by atoms with van der Waals surface area (Å²) in [7, 11) is 0. The lowest BCUT2D eigenvalue weighted by Gasteiger charge is -2.10. The lowest BCUT2D eigenvalue weighted by atomic mass is 10.0. The van der Waals surface area contributed by atoms with Gasteiger partial charge in [0.1, 0.15) is 0 Å². The summed E-state index contributed by atoms with van der Waals surface area (Å²) in [6.07, 6.45) is 6.07. The predicted octanol–water partition coefficient (Wildman–Crippen LogP) is 1.72. The van der Waals surface area contributed by atoms with Crippen LogP contribution < -0.4 is 5.73 Å². The molecular formula is C12H13N3. The fraction of sp³-hybridized carbons (Fsp3) is 0.167. The smallest absolute Gasteiger partial charge is 0.0422 e. The summed E-state index contributed by atoms with van der Waals surface area (Å²) in [6, 6.07) is 9.70. The van der Waals surface area contributed by atoms with Gasteiger partial charge >= 0.3 is 0 Å². The molecule has 2 rings (SSSR count). The average molecular weight is 199 g/mol. The van der Waals surface area contributed by atoms with Gasteiger partial charge in [-0.3, -0.25) is 9.97 Å². The van der Waals surface area contributed by atoms with Crippen LogP contribution in [0.4, 0.5) is 0 Å². The third-order valence-corrected chi connectivity index (χ3v) is 2.27. The molecule has 2 N–H and O–H groups in total. The summed E-state index contributed by atoms with van der Waals surface area (Å²) >= 11 is 0. The van der Waals surface area contributed by atoms with Crippen molar-refractivity contribution in [3.8, 4) is 0 Å². The zero-order chi connectivity index (χ0) is 10.5. The first kappa shape index (κ1) is 9.80. The van der Waals surface area contributed by atoms with E-state index in [0.29, 0.717) is 0 Å². The summed E-state index contributed by atoms with van der Waals surface area (Å²) in [5.41, 5.74) is 8.10. The second kappa shape index (κ2) is 4.66. The van der Waals surface area contributed by atoms with Crippen molar-refractivity contribution in [2.24, 2.45) is 5.73 Å². The Labute approximate surface area is 89.0 Å². The molecule has 2 aromatic heterocycles. The minimum Gasteiger partial charge on any atom is -0.324 e. The van der Waals surface area contributed by atoms with E-state index in [-0.39, 0.29) is 6.04 Å². The highest BCUT2D eigenvalue weighted by atomic mass is 14.7. The van der Waals surface area contributed by atoms with Crippen LogP contribution in [0.25, 0.3) is 0 Å². The van der Waals surface area contributed by atoms with Gasteiger partial charge in [0.15, 0.2) is 0 Å². The second-order valence-corrected chi connectivity index (χ2v) is 3.42. The van der Waals surface area contributed by atoms with Gasteiger partial charge in [0, 0.05) is 36.7 Å². The van der Waals surface area contributed by atoms with E-state index in [9.17, 15) is 0 Å². The van der Waals surface area contributed by atoms with Crippen LogP contribution in [0.1, 0.15) is 17.3 Å². The van der Waals surface area contributed by atoms with Gasteiger partial charge in [0.2, 0.25) is 0 Å². The van der Waals surface area contributed by atoms with Crippen molar-refractivity contribution in [2.45, 2.75) is 12.5 Å². The SMILES string of the molecule is NC(Cc1ccccn1)c1cccnc1. The van der Waals surface area contributed by atoms with Gasteiger partial charge in [-0.15, -0.1) is 0 Å². The molecule has 3 nitrogen and oxygen atoms in total. The van der Waals surface area contributed by atoms with Gasteiger partial charge in [-0.25, -0.2) is 0 Å². The molecule has 0 aromatic carbocycles. The van der Waals surface area contributed by atoms with Gasteiger partial charge < -0.3 is 5.73 Å². The topological polar surface area (TPSA) is 51.8 Å². The fourth-order valence-electron chi connectivity index (χ4n) is 1.46. The maximum atomic E-state index is 6.05. The summed E-state index contributed by atoms with van der Waals surface area (Å²) in [4.78, 5) is 8.29. The molecule has 76 valence electrons. The Hall–Kier alpha value is -1.74. The molecule has 0 amide bonds. The van der Waals surface area contributed by atoms with E-state index in [2.05, 4.69) is 9.97 Å². The third kappa shape index (κ3) is 2.60. The highest BCUT2D eigenvalue weighted by Crippen LogP contribution is 2.12. The third-order valence-electron chi connectivity index (χ3n) is 2.27. The lowest BCUT2D eigenvalue weighted by Crippen LogP contribution is -2.14. The summed E-state index contributed by atoms with van der Waals surface area (Å²) in [5, 5.41) is 0. The van der Waals surface area contributed by atoms with E-state index < -0.39 is 0 Å². The molecule has 1 atom stereocenters. The van der Waals surface area contributed by atoms with Crippen molar-refractivity contribution in [2.75, 3.05) is 0 Å². The monoisotopic (exact) mass is 199 g/mol. The van der Waals surface area contributed by atoms with Gasteiger partial charge in [-0.1, -0.05) is 12.1 Å². The van der Waals surface area contributed by atoms with Crippen LogP contribution in [-0.2, 0) is 6.42 Å². The van der Waals surface area contributed by atoms with Crippen molar-refractivity contribution >= 4 is 0 Å². The number of nitrogens with two attached hydrogens (primary N) is 1. The molecule has 2 aromatic rings. The van der Waals surface area contributed by atoms with Crippen LogP contribution in [0.15, 0.2) is 48.9 Å². The van der Waals surface area contributed by atoms with Crippen LogP contribution >= 0.6 is 0 Å². The Morgan fingerprint density at radius 3 is 2.73 bits per heavy atom. The Morgan fingerprint density at radius 2 is 2.07 bits per heavy atom. The number of aromatic nitrogens is 2. The van der Waals surface area contributed by atoms with Crippen molar-refractivity contribution in [3.05, 3.63) is 60.2 Å². The largest absolute Gasteiger partial charge is 0.324 e. The van der Waals surface area contributed by atoms with Gasteiger partial charge in [-0.05, 0) is 23.8 Å². The Kier molecular flexibility index (Phi) is 3.05. The summed E-state index contributed by atoms with van der Waals surface area (Å²) in [5.74, 6) is 0. The van der Waals surface area contributed by atoms with Gasteiger partial charge in [0.05, 0.1) is 0 Å². The Morgan fingerprint density at radius 1 is 1.13 bits per heavy atom. The summed E-state index contributed by atoms with van der Waals surface area (Å²) in [6.45, 7) is 0. The van der Waals surface area contributed by atoms with E-state index in [1.165, 1.54) is 0 Å². The van der Waals surface area contributed by atoms with E-state index in [1.807, 2.05) is 30.3 Å². The van der Waals surface area contributed by atoms with Crippen LogP contribution in [0.5, 0.6) is 0 Å². The van der Waals surface area contributed by atoms with Crippen LogP contribution in [0.3, 0.4) is 0 Å². The first-order chi connectivity index (χ1) is 7.36. The first-order valence-electron chi connectivity index (χ1n) is 4.91. The van der Waals surface area contributed by atoms with Crippen molar-refractivity contribution in [1.82, 2.24) is 9.97 Å². The number of pyridine rings is 2. The molecule has 0 saturated heterocycles. The minimum atomic E-state index is -0.0337. The number of nitrogens with zero attached hydrogens (tertiary/aromatic N) is 2. The standard InChI is InChI=1S/C12H13N3/c13-12(10-4-3-6-14-9-10)8-11-5-1-2-7-15-11/h1-7,9,12H,8,13H2. The molecule has 0 radical (unpaired) electrons. The molecule has 3 heteroatoms. The molecular weight excluding hydrogens is 186 g/mol. The van der Waals surface area contributed by atoms with E-state index in [1.54, 1.807) is 18.6 Å². The molecule has 2 heterocycles. The molecule has 0 aliphatic carbocycles. The lowest BCUT2D eigenvalue weighted by molar-refractivity contribution is 0.703. The first-order valence-corrected chi connectivity index (χ1v) is 4.91. The molecule has 0 saturated carbocycles. The van der Waals surface area contributed by atoms with E-state index in [0.717, 1.165) is 17.7 Å². The number of rotatable bonds is 3.